The molecule has 1 aromatic rings. The van der Waals surface area contributed by atoms with Crippen LogP contribution in [0.4, 0.5) is 10.6 Å². The van der Waals surface area contributed by atoms with Crippen molar-refractivity contribution in [1.29, 1.82) is 0 Å². The molecule has 0 spiro atoms. The number of carbonyl (C=O) groups is 1. The Labute approximate surface area is 190 Å². The van der Waals surface area contributed by atoms with Crippen LogP contribution in [0.15, 0.2) is 6.20 Å². The number of hydrogen-bond acceptors (Lipinski definition) is 7. The summed E-state index contributed by atoms with van der Waals surface area (Å²) in [4.78, 5) is 20.4. The van der Waals surface area contributed by atoms with Crippen LogP contribution in [0.1, 0.15) is 60.5 Å². The molecule has 31 heavy (non-hydrogen) atoms. The van der Waals surface area contributed by atoms with E-state index < -0.39 is 18.0 Å². The Balaban J connectivity index is 3.00. The van der Waals surface area contributed by atoms with Crippen molar-refractivity contribution in [1.82, 2.24) is 15.3 Å². The zero-order chi connectivity index (χ0) is 23.4. The van der Waals surface area contributed by atoms with Gasteiger partial charge in [-0.2, -0.15) is 4.98 Å². The summed E-state index contributed by atoms with van der Waals surface area (Å²) in [5.41, 5.74) is -0.00843. The molecule has 1 rings (SSSR count). The van der Waals surface area contributed by atoms with Crippen LogP contribution >= 0.6 is 11.6 Å². The van der Waals surface area contributed by atoms with Crippen LogP contribution in [0.25, 0.3) is 0 Å². The number of ether oxygens (including phenoxy) is 3. The zero-order valence-electron chi connectivity index (χ0n) is 19.5. The molecule has 0 fully saturated rings. The van der Waals surface area contributed by atoms with Gasteiger partial charge in [0.15, 0.2) is 0 Å². The van der Waals surface area contributed by atoms with Crippen LogP contribution in [0.5, 0.6) is 0 Å². The second-order valence-corrected chi connectivity index (χ2v) is 8.60. The molecular formula is C22H35ClN4O4. The zero-order valence-corrected chi connectivity index (χ0v) is 20.3. The lowest BCUT2D eigenvalue weighted by Crippen LogP contribution is -2.40. The second-order valence-electron chi connectivity index (χ2n) is 8.27. The van der Waals surface area contributed by atoms with Gasteiger partial charge in [0.05, 0.1) is 5.56 Å². The molecule has 8 nitrogen and oxygen atoms in total. The average molecular weight is 455 g/mol. The fourth-order valence-corrected chi connectivity index (χ4v) is 2.74. The van der Waals surface area contributed by atoms with Crippen molar-refractivity contribution < 1.29 is 19.0 Å². The number of anilines is 1. The van der Waals surface area contributed by atoms with Gasteiger partial charge in [0.25, 0.3) is 0 Å². The van der Waals surface area contributed by atoms with E-state index in [0.29, 0.717) is 37.1 Å². The monoisotopic (exact) mass is 454 g/mol. The van der Waals surface area contributed by atoms with Crippen LogP contribution in [0.2, 0.25) is 5.28 Å². The van der Waals surface area contributed by atoms with Crippen LogP contribution in [-0.2, 0) is 14.2 Å². The third-order valence-electron chi connectivity index (χ3n) is 3.71. The van der Waals surface area contributed by atoms with Crippen molar-refractivity contribution >= 4 is 23.5 Å². The number of aromatic nitrogens is 2. The van der Waals surface area contributed by atoms with E-state index in [0.717, 1.165) is 6.42 Å². The molecule has 0 saturated carbocycles. The molecule has 0 radical (unpaired) electrons. The van der Waals surface area contributed by atoms with Gasteiger partial charge in [0, 0.05) is 32.0 Å². The molecule has 1 atom stereocenters. The number of amides is 1. The van der Waals surface area contributed by atoms with Gasteiger partial charge in [-0.25, -0.2) is 9.78 Å². The smallest absolute Gasteiger partial charge is 0.407 e. The van der Waals surface area contributed by atoms with Gasteiger partial charge in [-0.1, -0.05) is 19.8 Å². The summed E-state index contributed by atoms with van der Waals surface area (Å²) < 4.78 is 16.2. The van der Waals surface area contributed by atoms with Gasteiger partial charge in [-0.05, 0) is 64.5 Å². The summed E-state index contributed by atoms with van der Waals surface area (Å²) in [5, 5.41) is 6.24. The molecule has 0 aliphatic rings. The first-order chi connectivity index (χ1) is 14.5. The van der Waals surface area contributed by atoms with Gasteiger partial charge in [-0.3, -0.25) is 0 Å². The summed E-state index contributed by atoms with van der Waals surface area (Å²) in [6.07, 6.45) is 1.22. The lowest BCUT2D eigenvalue weighted by Gasteiger charge is -2.24. The van der Waals surface area contributed by atoms with E-state index in [4.69, 9.17) is 25.8 Å². The predicted molar refractivity (Wildman–Crippen MR) is 122 cm³/mol. The first-order valence-corrected chi connectivity index (χ1v) is 10.9. The quantitative estimate of drug-likeness (QED) is 0.310. The Kier molecular flexibility index (Phi) is 11.6. The van der Waals surface area contributed by atoms with E-state index in [2.05, 4.69) is 46.3 Å². The molecular weight excluding hydrogens is 420 g/mol. The molecule has 174 valence electrons. The molecule has 1 amide bonds. The van der Waals surface area contributed by atoms with E-state index in [1.54, 1.807) is 6.20 Å². The average Bonchev–Trinajstić information content (AvgIpc) is 2.64. The lowest BCUT2D eigenvalue weighted by molar-refractivity contribution is -0.0969. The number of hydrogen-bond donors (Lipinski definition) is 2. The summed E-state index contributed by atoms with van der Waals surface area (Å²) in [6.45, 7) is 14.7. The molecule has 0 saturated heterocycles. The Morgan fingerprint density at radius 1 is 1.23 bits per heavy atom. The van der Waals surface area contributed by atoms with Gasteiger partial charge in [0.2, 0.25) is 11.6 Å². The van der Waals surface area contributed by atoms with Gasteiger partial charge in [-0.15, -0.1) is 0 Å². The molecule has 0 aliphatic carbocycles. The maximum Gasteiger partial charge on any atom is 0.407 e. The third kappa shape index (κ3) is 11.8. The molecule has 1 heterocycles. The number of alkyl carbamates (subject to hydrolysis) is 1. The Bertz CT molecular complexity index is 750. The topological polar surface area (TPSA) is 94.6 Å². The van der Waals surface area contributed by atoms with Gasteiger partial charge < -0.3 is 24.8 Å². The van der Waals surface area contributed by atoms with Gasteiger partial charge in [0.1, 0.15) is 11.4 Å². The minimum absolute atomic E-state index is 0.0996. The van der Waals surface area contributed by atoms with Crippen LogP contribution < -0.4 is 10.6 Å². The molecule has 0 bridgehead atoms. The Morgan fingerprint density at radius 3 is 2.42 bits per heavy atom. The first-order valence-electron chi connectivity index (χ1n) is 10.5. The van der Waals surface area contributed by atoms with Crippen molar-refractivity contribution in [2.45, 2.75) is 72.8 Å². The molecule has 0 aliphatic heterocycles. The van der Waals surface area contributed by atoms with Crippen LogP contribution in [-0.4, -0.2) is 53.8 Å². The Hall–Kier alpha value is -2.08. The third-order valence-corrected chi connectivity index (χ3v) is 3.89. The molecule has 9 heteroatoms. The maximum atomic E-state index is 12.1. The van der Waals surface area contributed by atoms with Crippen molar-refractivity contribution in [3.8, 4) is 11.8 Å². The van der Waals surface area contributed by atoms with Crippen molar-refractivity contribution in [2.75, 3.05) is 25.1 Å². The minimum Gasteiger partial charge on any atom is -0.444 e. The van der Waals surface area contributed by atoms with E-state index >= 15 is 0 Å². The highest BCUT2D eigenvalue weighted by atomic mass is 35.5. The molecule has 0 aromatic carbocycles. The molecule has 2 N–H and O–H groups in total. The summed E-state index contributed by atoms with van der Waals surface area (Å²) in [5.74, 6) is 6.81. The van der Waals surface area contributed by atoms with E-state index in [-0.39, 0.29) is 11.3 Å². The normalized spacial score (nSPS) is 12.3. The van der Waals surface area contributed by atoms with Crippen molar-refractivity contribution in [3.63, 3.8) is 0 Å². The lowest BCUT2D eigenvalue weighted by atomic mass is 10.0. The maximum absolute atomic E-state index is 12.1. The number of rotatable bonds is 10. The Morgan fingerprint density at radius 2 is 1.87 bits per heavy atom. The fraction of sp³-hybridized carbons (Fsp3) is 0.682. The molecule has 0 unspecified atom stereocenters. The van der Waals surface area contributed by atoms with E-state index in [9.17, 15) is 4.79 Å². The number of halogens is 1. The number of nitrogens with zero attached hydrogens (tertiary/aromatic N) is 2. The second kappa shape index (κ2) is 13.4. The standard InChI is InChI=1S/C22H35ClN4O4/c1-8-29-18(30-9-2)11-10-16-13-24-20(23)27-19(16)26-17(12-15(3)4)14-25-21(28)31-22(5,6)7/h13,15,17-18H,8-9,12,14H2,1-7H3,(H,25,28)(H,24,26,27)/t17-/m0/s1. The largest absolute Gasteiger partial charge is 0.444 e. The highest BCUT2D eigenvalue weighted by molar-refractivity contribution is 6.28. The van der Waals surface area contributed by atoms with E-state index in [1.807, 2.05) is 34.6 Å². The van der Waals surface area contributed by atoms with Gasteiger partial charge >= 0.3 is 6.09 Å². The number of carbonyl (C=O) groups excluding carboxylic acids is 1. The fourth-order valence-electron chi connectivity index (χ4n) is 2.61. The predicted octanol–water partition coefficient (Wildman–Crippen LogP) is 4.23. The highest BCUT2D eigenvalue weighted by Crippen LogP contribution is 2.17. The number of nitrogens with one attached hydrogen (secondary N) is 2. The van der Waals surface area contributed by atoms with E-state index in [1.165, 1.54) is 0 Å². The summed E-state index contributed by atoms with van der Waals surface area (Å²) >= 11 is 6.02. The molecule has 1 aromatic heterocycles. The first kappa shape index (κ1) is 27.0. The summed E-state index contributed by atoms with van der Waals surface area (Å²) in [6, 6.07) is -0.117. The highest BCUT2D eigenvalue weighted by Gasteiger charge is 2.19. The van der Waals surface area contributed by atoms with Crippen LogP contribution in [0.3, 0.4) is 0 Å². The minimum atomic E-state index is -0.640. The van der Waals surface area contributed by atoms with Crippen molar-refractivity contribution in [2.24, 2.45) is 5.92 Å². The van der Waals surface area contributed by atoms with Crippen LogP contribution in [0, 0.1) is 17.8 Å². The van der Waals surface area contributed by atoms with Crippen molar-refractivity contribution in [3.05, 3.63) is 17.0 Å². The SMILES string of the molecule is CCOC(C#Cc1cnc(Cl)nc1N[C@H](CNC(=O)OC(C)(C)C)CC(C)C)OCC. The summed E-state index contributed by atoms with van der Waals surface area (Å²) in [7, 11) is 0.